The second kappa shape index (κ2) is 7.99. The molecule has 0 spiro atoms. The zero-order valence-corrected chi connectivity index (χ0v) is 14.6. The average molecular weight is 398 g/mol. The van der Waals surface area contributed by atoms with Crippen LogP contribution >= 0.6 is 27.5 Å². The van der Waals surface area contributed by atoms with Crippen LogP contribution in [0.5, 0.6) is 11.5 Å². The van der Waals surface area contributed by atoms with Gasteiger partial charge in [0.2, 0.25) is 0 Å². The molecule has 0 aliphatic rings. The SMILES string of the molecule is CCOc1cc(/C=N/NC(=O)c2ccccc2Cl)cc(Br)c1O. The zero-order chi connectivity index (χ0) is 16.8. The van der Waals surface area contributed by atoms with E-state index in [0.717, 1.165) is 0 Å². The standard InChI is InChI=1S/C16H14BrClN2O3/c1-2-23-14-8-10(7-12(17)15(14)21)9-19-20-16(22)11-5-3-4-6-13(11)18/h3-9,21H,2H2,1H3,(H,20,22)/b19-9+. The van der Waals surface area contributed by atoms with Crippen molar-refractivity contribution >= 4 is 39.7 Å². The van der Waals surface area contributed by atoms with Crippen LogP contribution in [0.15, 0.2) is 46.0 Å². The van der Waals surface area contributed by atoms with E-state index in [1.165, 1.54) is 6.21 Å². The number of rotatable bonds is 5. The van der Waals surface area contributed by atoms with Gasteiger partial charge in [0.05, 0.1) is 27.9 Å². The molecule has 1 amide bonds. The zero-order valence-electron chi connectivity index (χ0n) is 12.2. The number of carbonyl (C=O) groups is 1. The van der Waals surface area contributed by atoms with Crippen LogP contribution in [0.2, 0.25) is 5.02 Å². The van der Waals surface area contributed by atoms with Gasteiger partial charge in [0.1, 0.15) is 0 Å². The lowest BCUT2D eigenvalue weighted by molar-refractivity contribution is 0.0955. The Bertz CT molecular complexity index is 750. The molecule has 0 aliphatic carbocycles. The first-order chi connectivity index (χ1) is 11.0. The van der Waals surface area contributed by atoms with Crippen LogP contribution in [0.4, 0.5) is 0 Å². The van der Waals surface area contributed by atoms with Gasteiger partial charge in [-0.25, -0.2) is 5.43 Å². The number of nitrogens with one attached hydrogen (secondary N) is 1. The topological polar surface area (TPSA) is 70.9 Å². The molecule has 0 radical (unpaired) electrons. The van der Waals surface area contributed by atoms with Crippen molar-refractivity contribution in [3.05, 3.63) is 57.0 Å². The minimum absolute atomic E-state index is 0.0177. The van der Waals surface area contributed by atoms with Gasteiger partial charge in [-0.1, -0.05) is 23.7 Å². The normalized spacial score (nSPS) is 10.7. The summed E-state index contributed by atoms with van der Waals surface area (Å²) < 4.78 is 5.80. The summed E-state index contributed by atoms with van der Waals surface area (Å²) in [5.74, 6) is -0.0559. The monoisotopic (exact) mass is 396 g/mol. The van der Waals surface area contributed by atoms with Gasteiger partial charge in [-0.05, 0) is 52.7 Å². The van der Waals surface area contributed by atoms with E-state index in [4.69, 9.17) is 16.3 Å². The van der Waals surface area contributed by atoms with Crippen molar-refractivity contribution in [3.8, 4) is 11.5 Å². The molecular weight excluding hydrogens is 384 g/mol. The Balaban J connectivity index is 2.12. The molecule has 2 N–H and O–H groups in total. The molecule has 2 aromatic carbocycles. The first-order valence-electron chi connectivity index (χ1n) is 6.76. The van der Waals surface area contributed by atoms with Gasteiger partial charge in [0.25, 0.3) is 5.91 Å². The number of benzene rings is 2. The molecule has 0 aromatic heterocycles. The summed E-state index contributed by atoms with van der Waals surface area (Å²) in [6.45, 7) is 2.24. The van der Waals surface area contributed by atoms with Crippen LogP contribution in [-0.4, -0.2) is 23.8 Å². The summed E-state index contributed by atoms with van der Waals surface area (Å²) in [6, 6.07) is 9.97. The fourth-order valence-electron chi connectivity index (χ4n) is 1.80. The van der Waals surface area contributed by atoms with Gasteiger partial charge in [-0.2, -0.15) is 5.10 Å². The van der Waals surface area contributed by atoms with E-state index in [-0.39, 0.29) is 5.75 Å². The summed E-state index contributed by atoms with van der Waals surface area (Å²) in [6.07, 6.45) is 1.45. The molecule has 0 saturated carbocycles. The number of hydrogen-bond acceptors (Lipinski definition) is 4. The Kier molecular flexibility index (Phi) is 6.01. The highest BCUT2D eigenvalue weighted by Crippen LogP contribution is 2.35. The van der Waals surface area contributed by atoms with E-state index >= 15 is 0 Å². The van der Waals surface area contributed by atoms with E-state index in [0.29, 0.717) is 33.0 Å². The Morgan fingerprint density at radius 3 is 2.87 bits per heavy atom. The van der Waals surface area contributed by atoms with Crippen LogP contribution in [0.3, 0.4) is 0 Å². The van der Waals surface area contributed by atoms with Crippen molar-refractivity contribution in [3.63, 3.8) is 0 Å². The number of halogens is 2. The van der Waals surface area contributed by atoms with E-state index < -0.39 is 5.91 Å². The first-order valence-corrected chi connectivity index (χ1v) is 7.93. The maximum absolute atomic E-state index is 12.0. The summed E-state index contributed by atoms with van der Waals surface area (Å²) in [4.78, 5) is 12.0. The van der Waals surface area contributed by atoms with Crippen LogP contribution in [0.1, 0.15) is 22.8 Å². The number of carbonyl (C=O) groups excluding carboxylic acids is 1. The molecule has 0 saturated heterocycles. The van der Waals surface area contributed by atoms with Gasteiger partial charge >= 0.3 is 0 Å². The first kappa shape index (κ1) is 17.3. The molecule has 0 aliphatic heterocycles. The lowest BCUT2D eigenvalue weighted by Crippen LogP contribution is -2.17. The molecule has 7 heteroatoms. The maximum Gasteiger partial charge on any atom is 0.272 e. The number of ether oxygens (including phenoxy) is 1. The smallest absolute Gasteiger partial charge is 0.272 e. The number of hydrogen-bond donors (Lipinski definition) is 2. The highest BCUT2D eigenvalue weighted by Gasteiger charge is 2.09. The number of aromatic hydroxyl groups is 1. The van der Waals surface area contributed by atoms with Gasteiger partial charge < -0.3 is 9.84 Å². The molecule has 0 bridgehead atoms. The van der Waals surface area contributed by atoms with E-state index in [1.54, 1.807) is 36.4 Å². The van der Waals surface area contributed by atoms with E-state index in [9.17, 15) is 9.90 Å². The molecular formula is C16H14BrClN2O3. The fourth-order valence-corrected chi connectivity index (χ4v) is 2.49. The summed E-state index contributed by atoms with van der Waals surface area (Å²) in [5.41, 5.74) is 3.39. The van der Waals surface area contributed by atoms with Gasteiger partial charge in [-0.15, -0.1) is 0 Å². The molecule has 0 unspecified atom stereocenters. The third kappa shape index (κ3) is 4.46. The van der Waals surface area contributed by atoms with Crippen molar-refractivity contribution in [2.24, 2.45) is 5.10 Å². The number of nitrogens with zero attached hydrogens (tertiary/aromatic N) is 1. The van der Waals surface area contributed by atoms with E-state index in [2.05, 4.69) is 26.5 Å². The molecule has 5 nitrogen and oxygen atoms in total. The van der Waals surface area contributed by atoms with Gasteiger partial charge in [-0.3, -0.25) is 4.79 Å². The molecule has 23 heavy (non-hydrogen) atoms. The highest BCUT2D eigenvalue weighted by atomic mass is 79.9. The number of phenolic OH excluding ortho intramolecular Hbond substituents is 1. The average Bonchev–Trinajstić information content (AvgIpc) is 2.52. The molecule has 2 aromatic rings. The van der Waals surface area contributed by atoms with Crippen LogP contribution in [0.25, 0.3) is 0 Å². The molecule has 0 fully saturated rings. The Morgan fingerprint density at radius 1 is 1.43 bits per heavy atom. The van der Waals surface area contributed by atoms with Crippen LogP contribution < -0.4 is 10.2 Å². The van der Waals surface area contributed by atoms with Crippen LogP contribution in [-0.2, 0) is 0 Å². The van der Waals surface area contributed by atoms with Crippen molar-refractivity contribution < 1.29 is 14.6 Å². The summed E-state index contributed by atoms with van der Waals surface area (Å²) in [7, 11) is 0. The molecule has 0 atom stereocenters. The third-order valence-electron chi connectivity index (χ3n) is 2.85. The van der Waals surface area contributed by atoms with Crippen molar-refractivity contribution in [1.82, 2.24) is 5.43 Å². The minimum Gasteiger partial charge on any atom is -0.503 e. The lowest BCUT2D eigenvalue weighted by atomic mass is 10.2. The Morgan fingerprint density at radius 2 is 2.17 bits per heavy atom. The Hall–Kier alpha value is -2.05. The van der Waals surface area contributed by atoms with Crippen molar-refractivity contribution in [2.45, 2.75) is 6.92 Å². The predicted molar refractivity (Wildman–Crippen MR) is 93.5 cm³/mol. The maximum atomic E-state index is 12.0. The predicted octanol–water partition coefficient (Wildman–Crippen LogP) is 3.97. The second-order valence-corrected chi connectivity index (χ2v) is 5.72. The molecule has 0 heterocycles. The Labute approximate surface area is 147 Å². The molecule has 120 valence electrons. The third-order valence-corrected chi connectivity index (χ3v) is 3.78. The summed E-state index contributed by atoms with van der Waals surface area (Å²) in [5, 5.41) is 14.1. The molecule has 2 rings (SSSR count). The van der Waals surface area contributed by atoms with Gasteiger partial charge in [0, 0.05) is 0 Å². The van der Waals surface area contributed by atoms with Crippen molar-refractivity contribution in [1.29, 1.82) is 0 Å². The minimum atomic E-state index is -0.408. The fraction of sp³-hybridized carbons (Fsp3) is 0.125. The summed E-state index contributed by atoms with van der Waals surface area (Å²) >= 11 is 9.18. The lowest BCUT2D eigenvalue weighted by Gasteiger charge is -2.08. The number of phenols is 1. The van der Waals surface area contributed by atoms with E-state index in [1.807, 2.05) is 6.92 Å². The second-order valence-electron chi connectivity index (χ2n) is 4.46. The number of amides is 1. The largest absolute Gasteiger partial charge is 0.503 e. The van der Waals surface area contributed by atoms with Crippen molar-refractivity contribution in [2.75, 3.05) is 6.61 Å². The quantitative estimate of drug-likeness (QED) is 0.592. The number of hydrazone groups is 1. The van der Waals surface area contributed by atoms with Crippen LogP contribution in [0, 0.1) is 0 Å². The highest BCUT2D eigenvalue weighted by molar-refractivity contribution is 9.10. The van der Waals surface area contributed by atoms with Gasteiger partial charge in [0.15, 0.2) is 11.5 Å².